The van der Waals surface area contributed by atoms with E-state index < -0.39 is 17.9 Å². The van der Waals surface area contributed by atoms with Crippen LogP contribution in [0.15, 0.2) is 60.8 Å². The molecule has 2 rings (SSSR count). The van der Waals surface area contributed by atoms with Crippen molar-refractivity contribution in [2.24, 2.45) is 11.6 Å². The van der Waals surface area contributed by atoms with Gasteiger partial charge >= 0.3 is 5.97 Å². The van der Waals surface area contributed by atoms with Crippen LogP contribution >= 0.6 is 0 Å². The molecule has 0 radical (unpaired) electrons. The molecule has 2 aromatic rings. The minimum absolute atomic E-state index is 0.296. The Morgan fingerprint density at radius 2 is 1.71 bits per heavy atom. The first-order valence-corrected chi connectivity index (χ1v) is 7.14. The van der Waals surface area contributed by atoms with Crippen LogP contribution in [0.4, 0.5) is 0 Å². The summed E-state index contributed by atoms with van der Waals surface area (Å²) >= 11 is 0. The number of carboxylic acids is 1. The number of hydrogen-bond acceptors (Lipinski definition) is 5. The minimum Gasteiger partial charge on any atom is -0.479 e. The fraction of sp³-hybridized carbons (Fsp3) is 0.0588. The van der Waals surface area contributed by atoms with Crippen molar-refractivity contribution in [3.05, 3.63) is 77.5 Å². The number of aliphatic carboxylic acids is 1. The Morgan fingerprint density at radius 1 is 1.04 bits per heavy atom. The number of amides is 1. The molecule has 0 bridgehead atoms. The van der Waals surface area contributed by atoms with Crippen molar-refractivity contribution in [3.8, 4) is 0 Å². The molecule has 2 aromatic carbocycles. The molecule has 7 N–H and O–H groups in total. The van der Waals surface area contributed by atoms with Crippen molar-refractivity contribution >= 4 is 17.6 Å². The Kier molecular flexibility index (Phi) is 5.54. The zero-order valence-electron chi connectivity index (χ0n) is 12.8. The molecule has 1 amide bonds. The van der Waals surface area contributed by atoms with Crippen molar-refractivity contribution < 1.29 is 14.7 Å². The number of hydrogen-bond donors (Lipinski definition) is 5. The van der Waals surface area contributed by atoms with Crippen LogP contribution in [-0.4, -0.2) is 17.0 Å². The molecule has 0 aliphatic rings. The van der Waals surface area contributed by atoms with Gasteiger partial charge < -0.3 is 21.6 Å². The van der Waals surface area contributed by atoms with Gasteiger partial charge in [-0.15, -0.1) is 0 Å². The zero-order valence-corrected chi connectivity index (χ0v) is 12.8. The van der Waals surface area contributed by atoms with Gasteiger partial charge in [0.1, 0.15) is 0 Å². The van der Waals surface area contributed by atoms with Gasteiger partial charge in [0.2, 0.25) is 0 Å². The summed E-state index contributed by atoms with van der Waals surface area (Å²) in [5.74, 6) is 3.71. The van der Waals surface area contributed by atoms with E-state index in [4.69, 9.17) is 11.6 Å². The number of nitrogens with two attached hydrogens (primary N) is 2. The highest BCUT2D eigenvalue weighted by Gasteiger charge is 2.22. The van der Waals surface area contributed by atoms with Crippen LogP contribution in [0.3, 0.4) is 0 Å². The lowest BCUT2D eigenvalue weighted by molar-refractivity contribution is -0.139. The third kappa shape index (κ3) is 3.90. The summed E-state index contributed by atoms with van der Waals surface area (Å²) in [6.07, 6.45) is 1.28. The van der Waals surface area contributed by atoms with E-state index >= 15 is 0 Å². The fourth-order valence-corrected chi connectivity index (χ4v) is 2.20. The average molecular weight is 326 g/mol. The van der Waals surface area contributed by atoms with Crippen molar-refractivity contribution in [1.82, 2.24) is 10.7 Å². The van der Waals surface area contributed by atoms with E-state index in [9.17, 15) is 14.7 Å². The summed E-state index contributed by atoms with van der Waals surface area (Å²) in [7, 11) is 0. The second-order valence-corrected chi connectivity index (χ2v) is 4.96. The summed E-state index contributed by atoms with van der Waals surface area (Å²) in [4.78, 5) is 23.9. The van der Waals surface area contributed by atoms with E-state index in [1.807, 2.05) is 0 Å². The van der Waals surface area contributed by atoms with Gasteiger partial charge in [0.05, 0.1) is 5.70 Å². The summed E-state index contributed by atoms with van der Waals surface area (Å²) in [5.41, 5.74) is 9.72. The Morgan fingerprint density at radius 3 is 2.29 bits per heavy atom. The maximum Gasteiger partial charge on any atom is 0.330 e. The number of rotatable bonds is 6. The number of carboxylic acid groups (broad SMARTS) is 1. The van der Waals surface area contributed by atoms with Gasteiger partial charge in [-0.05, 0) is 17.7 Å². The van der Waals surface area contributed by atoms with Gasteiger partial charge in [0.15, 0.2) is 6.04 Å². The molecule has 0 saturated heterocycles. The van der Waals surface area contributed by atoms with Gasteiger partial charge in [-0.1, -0.05) is 42.5 Å². The van der Waals surface area contributed by atoms with Crippen molar-refractivity contribution in [2.45, 2.75) is 6.04 Å². The fourth-order valence-electron chi connectivity index (χ4n) is 2.20. The molecule has 1 atom stereocenters. The molecule has 7 heteroatoms. The lowest BCUT2D eigenvalue weighted by atomic mass is 10.0. The first kappa shape index (κ1) is 17.0. The molecule has 124 valence electrons. The molecule has 0 spiro atoms. The maximum absolute atomic E-state index is 12.4. The number of carbonyl (C=O) groups is 2. The highest BCUT2D eigenvalue weighted by Crippen LogP contribution is 2.16. The smallest absolute Gasteiger partial charge is 0.330 e. The average Bonchev–Trinajstić information content (AvgIpc) is 2.61. The lowest BCUT2D eigenvalue weighted by Crippen LogP contribution is -2.33. The van der Waals surface area contributed by atoms with Crippen LogP contribution < -0.4 is 22.3 Å². The van der Waals surface area contributed by atoms with Crippen LogP contribution in [0.1, 0.15) is 27.5 Å². The summed E-state index contributed by atoms with van der Waals surface area (Å²) in [5, 5.41) is 11.9. The number of benzene rings is 2. The normalized spacial score (nSPS) is 12.3. The predicted octanol–water partition coefficient (Wildman–Crippen LogP) is 0.963. The first-order valence-electron chi connectivity index (χ1n) is 7.14. The first-order chi connectivity index (χ1) is 11.6. The summed E-state index contributed by atoms with van der Waals surface area (Å²) < 4.78 is 0. The number of carbonyl (C=O) groups excluding carboxylic acids is 1. The SMILES string of the molecule is NC=C(NN)c1cccc(C(=O)NC(C(=O)O)c2ccccc2)c1. The monoisotopic (exact) mass is 326 g/mol. The third-order valence-electron chi connectivity index (χ3n) is 3.41. The van der Waals surface area contributed by atoms with Gasteiger partial charge in [-0.2, -0.15) is 0 Å². The molecule has 0 heterocycles. The standard InChI is InChI=1S/C17H18N4O3/c18-10-14(21-19)12-7-4-8-13(9-12)16(22)20-15(17(23)24)11-5-2-1-3-6-11/h1-10,15,21H,18-19H2,(H,20,22)(H,23,24). The van der Waals surface area contributed by atoms with E-state index in [-0.39, 0.29) is 0 Å². The lowest BCUT2D eigenvalue weighted by Gasteiger charge is -2.15. The van der Waals surface area contributed by atoms with Crippen LogP contribution in [-0.2, 0) is 4.79 Å². The number of hydrazine groups is 1. The predicted molar refractivity (Wildman–Crippen MR) is 90.2 cm³/mol. The van der Waals surface area contributed by atoms with Crippen LogP contribution in [0.5, 0.6) is 0 Å². The molecule has 7 nitrogen and oxygen atoms in total. The molecule has 0 aliphatic carbocycles. The summed E-state index contributed by atoms with van der Waals surface area (Å²) in [6.45, 7) is 0. The van der Waals surface area contributed by atoms with Crippen molar-refractivity contribution in [3.63, 3.8) is 0 Å². The topological polar surface area (TPSA) is 130 Å². The Hall–Kier alpha value is -3.32. The van der Waals surface area contributed by atoms with Crippen molar-refractivity contribution in [2.75, 3.05) is 0 Å². The molecule has 24 heavy (non-hydrogen) atoms. The molecule has 0 fully saturated rings. The summed E-state index contributed by atoms with van der Waals surface area (Å²) in [6, 6.07) is 13.9. The third-order valence-corrected chi connectivity index (χ3v) is 3.41. The van der Waals surface area contributed by atoms with Gasteiger partial charge in [0, 0.05) is 17.3 Å². The molecular formula is C17H18N4O3. The molecule has 0 aromatic heterocycles. The Labute approximate surface area is 138 Å². The molecule has 0 saturated carbocycles. The van der Waals surface area contributed by atoms with Crippen molar-refractivity contribution in [1.29, 1.82) is 0 Å². The second-order valence-electron chi connectivity index (χ2n) is 4.96. The van der Waals surface area contributed by atoms with E-state index in [1.165, 1.54) is 6.20 Å². The zero-order chi connectivity index (χ0) is 17.5. The highest BCUT2D eigenvalue weighted by atomic mass is 16.4. The van der Waals surface area contributed by atoms with Gasteiger partial charge in [-0.25, -0.2) is 4.79 Å². The second kappa shape index (κ2) is 7.80. The molecule has 1 unspecified atom stereocenters. The highest BCUT2D eigenvalue weighted by molar-refractivity contribution is 5.97. The Balaban J connectivity index is 2.25. The van der Waals surface area contributed by atoms with E-state index in [2.05, 4.69) is 10.7 Å². The molecular weight excluding hydrogens is 308 g/mol. The van der Waals surface area contributed by atoms with E-state index in [0.717, 1.165) is 0 Å². The maximum atomic E-state index is 12.4. The van der Waals surface area contributed by atoms with Gasteiger partial charge in [-0.3, -0.25) is 10.6 Å². The number of nitrogens with one attached hydrogen (secondary N) is 2. The van der Waals surface area contributed by atoms with Gasteiger partial charge in [0.25, 0.3) is 5.91 Å². The Bertz CT molecular complexity index is 759. The quantitative estimate of drug-likeness (QED) is 0.397. The van der Waals surface area contributed by atoms with Crippen LogP contribution in [0.25, 0.3) is 5.70 Å². The minimum atomic E-state index is -1.14. The van der Waals surface area contributed by atoms with E-state index in [1.54, 1.807) is 54.6 Å². The largest absolute Gasteiger partial charge is 0.479 e. The van der Waals surface area contributed by atoms with Crippen LogP contribution in [0, 0.1) is 0 Å². The van der Waals surface area contributed by atoms with E-state index in [0.29, 0.717) is 22.4 Å². The molecule has 0 aliphatic heterocycles. The van der Waals surface area contributed by atoms with Crippen LogP contribution in [0.2, 0.25) is 0 Å².